The van der Waals surface area contributed by atoms with Gasteiger partial charge in [0.25, 0.3) is 0 Å². The second-order valence-corrected chi connectivity index (χ2v) is 7.47. The number of rotatable bonds is 5. The van der Waals surface area contributed by atoms with E-state index in [1.54, 1.807) is 6.33 Å². The molecule has 2 aromatic rings. The lowest BCUT2D eigenvalue weighted by Crippen LogP contribution is -2.13. The van der Waals surface area contributed by atoms with Gasteiger partial charge in [0.1, 0.15) is 12.2 Å². The van der Waals surface area contributed by atoms with Crippen LogP contribution in [0.5, 0.6) is 0 Å². The van der Waals surface area contributed by atoms with Gasteiger partial charge in [0.15, 0.2) is 0 Å². The molecule has 0 aliphatic heterocycles. The van der Waals surface area contributed by atoms with E-state index in [0.29, 0.717) is 12.5 Å². The molecule has 0 bridgehead atoms. The number of nitrogens with zero attached hydrogens (tertiary/aromatic N) is 3. The summed E-state index contributed by atoms with van der Waals surface area (Å²) in [5, 5.41) is 7.65. The fraction of sp³-hybridized carbons (Fsp3) is 0.385. The van der Waals surface area contributed by atoms with Crippen molar-refractivity contribution in [3.8, 4) is 0 Å². The van der Waals surface area contributed by atoms with Gasteiger partial charge in [-0.3, -0.25) is 0 Å². The highest BCUT2D eigenvalue weighted by Crippen LogP contribution is 2.34. The zero-order valence-corrected chi connectivity index (χ0v) is 16.0. The predicted molar refractivity (Wildman–Crippen MR) is 91.7 cm³/mol. The van der Waals surface area contributed by atoms with Crippen LogP contribution >= 0.6 is 47.8 Å². The van der Waals surface area contributed by atoms with Crippen LogP contribution in [0.3, 0.4) is 0 Å². The number of hydrogen-bond acceptors (Lipinski definition) is 3. The summed E-state index contributed by atoms with van der Waals surface area (Å²) >= 11 is 10.6. The number of aromatic nitrogens is 3. The van der Waals surface area contributed by atoms with Gasteiger partial charge in [-0.2, -0.15) is 5.10 Å². The van der Waals surface area contributed by atoms with Crippen LogP contribution in [-0.4, -0.2) is 14.8 Å². The Kier molecular flexibility index (Phi) is 5.63. The molecule has 7 heteroatoms. The number of benzene rings is 1. The minimum atomic E-state index is 0.543. The first-order valence-corrected chi connectivity index (χ1v) is 8.60. The average Bonchev–Trinajstić information content (AvgIpc) is 2.74. The van der Waals surface area contributed by atoms with Gasteiger partial charge in [-0.05, 0) is 49.9 Å². The summed E-state index contributed by atoms with van der Waals surface area (Å²) in [5.74, 6) is 1.47. The van der Waals surface area contributed by atoms with Gasteiger partial charge in [0.2, 0.25) is 0 Å². The number of anilines is 1. The van der Waals surface area contributed by atoms with Crippen LogP contribution in [-0.2, 0) is 13.1 Å². The molecular weight excluding hydrogens is 452 g/mol. The van der Waals surface area contributed by atoms with Gasteiger partial charge >= 0.3 is 0 Å². The van der Waals surface area contributed by atoms with Gasteiger partial charge < -0.3 is 5.32 Å². The Labute approximate surface area is 143 Å². The Bertz CT molecular complexity index is 572. The van der Waals surface area contributed by atoms with Crippen molar-refractivity contribution in [2.45, 2.75) is 26.9 Å². The lowest BCUT2D eigenvalue weighted by atomic mass is 10.2. The molecule has 0 radical (unpaired) electrons. The molecule has 0 amide bonds. The standard InChI is InChI=1S/C13H15Br3N4/c1-8(2)6-20-12(18-7-19-20)5-17-13-10(15)3-9(14)4-11(13)16/h3-4,7-8,17H,5-6H2,1-2H3. The van der Waals surface area contributed by atoms with E-state index in [2.05, 4.69) is 77.0 Å². The fourth-order valence-corrected chi connectivity index (χ4v) is 4.34. The lowest BCUT2D eigenvalue weighted by molar-refractivity contribution is 0.468. The van der Waals surface area contributed by atoms with Crippen molar-refractivity contribution < 1.29 is 0 Å². The van der Waals surface area contributed by atoms with Crippen LogP contribution < -0.4 is 5.32 Å². The van der Waals surface area contributed by atoms with Crippen molar-refractivity contribution in [1.29, 1.82) is 0 Å². The van der Waals surface area contributed by atoms with E-state index in [4.69, 9.17) is 0 Å². The Hall–Kier alpha value is -0.400. The van der Waals surface area contributed by atoms with Crippen molar-refractivity contribution in [3.63, 3.8) is 0 Å². The maximum atomic E-state index is 4.31. The van der Waals surface area contributed by atoms with E-state index in [9.17, 15) is 0 Å². The molecule has 0 spiro atoms. The normalized spacial score (nSPS) is 11.1. The van der Waals surface area contributed by atoms with Crippen molar-refractivity contribution in [1.82, 2.24) is 14.8 Å². The van der Waals surface area contributed by atoms with Crippen molar-refractivity contribution in [2.75, 3.05) is 5.32 Å². The zero-order chi connectivity index (χ0) is 14.7. The number of hydrogen-bond donors (Lipinski definition) is 1. The minimum Gasteiger partial charge on any atom is -0.376 e. The van der Waals surface area contributed by atoms with E-state index < -0.39 is 0 Å². The molecule has 20 heavy (non-hydrogen) atoms. The molecule has 1 aromatic heterocycles. The zero-order valence-electron chi connectivity index (χ0n) is 11.2. The molecule has 0 saturated carbocycles. The fourth-order valence-electron chi connectivity index (χ4n) is 1.80. The predicted octanol–water partition coefficient (Wildman–Crippen LogP) is 4.83. The van der Waals surface area contributed by atoms with Crippen LogP contribution in [0.1, 0.15) is 19.7 Å². The van der Waals surface area contributed by atoms with E-state index in [-0.39, 0.29) is 0 Å². The highest BCUT2D eigenvalue weighted by atomic mass is 79.9. The average molecular weight is 467 g/mol. The molecule has 4 nitrogen and oxygen atoms in total. The molecule has 1 aromatic carbocycles. The van der Waals surface area contributed by atoms with Crippen LogP contribution in [0.4, 0.5) is 5.69 Å². The van der Waals surface area contributed by atoms with E-state index in [1.165, 1.54) is 0 Å². The first kappa shape index (κ1) is 16.0. The summed E-state index contributed by atoms with van der Waals surface area (Å²) in [4.78, 5) is 4.31. The third kappa shape index (κ3) is 4.05. The van der Waals surface area contributed by atoms with Crippen LogP contribution in [0.2, 0.25) is 0 Å². The third-order valence-electron chi connectivity index (χ3n) is 2.66. The summed E-state index contributed by atoms with van der Waals surface area (Å²) in [6, 6.07) is 4.01. The van der Waals surface area contributed by atoms with Gasteiger partial charge in [-0.1, -0.05) is 29.8 Å². The van der Waals surface area contributed by atoms with Crippen molar-refractivity contribution >= 4 is 53.5 Å². The molecule has 0 aliphatic carbocycles. The van der Waals surface area contributed by atoms with Gasteiger partial charge in [0.05, 0.1) is 12.2 Å². The summed E-state index contributed by atoms with van der Waals surface area (Å²) in [6.45, 7) is 5.84. The van der Waals surface area contributed by atoms with Crippen LogP contribution in [0, 0.1) is 5.92 Å². The summed E-state index contributed by atoms with van der Waals surface area (Å²) in [6.07, 6.45) is 1.60. The topological polar surface area (TPSA) is 42.7 Å². The summed E-state index contributed by atoms with van der Waals surface area (Å²) in [5.41, 5.74) is 1.01. The third-order valence-corrected chi connectivity index (χ3v) is 4.37. The molecule has 0 atom stereocenters. The summed E-state index contributed by atoms with van der Waals surface area (Å²) in [7, 11) is 0. The molecule has 108 valence electrons. The highest BCUT2D eigenvalue weighted by Gasteiger charge is 2.10. The Morgan fingerprint density at radius 2 is 1.85 bits per heavy atom. The first-order chi connectivity index (χ1) is 9.47. The molecule has 0 unspecified atom stereocenters. The van der Waals surface area contributed by atoms with Gasteiger partial charge in [-0.25, -0.2) is 9.67 Å². The van der Waals surface area contributed by atoms with Gasteiger partial charge in [0, 0.05) is 20.0 Å². The molecule has 0 aliphatic rings. The Morgan fingerprint density at radius 3 is 2.45 bits per heavy atom. The maximum Gasteiger partial charge on any atom is 0.146 e. The van der Waals surface area contributed by atoms with Gasteiger partial charge in [-0.15, -0.1) is 0 Å². The lowest BCUT2D eigenvalue weighted by Gasteiger charge is -2.13. The molecule has 0 saturated heterocycles. The quantitative estimate of drug-likeness (QED) is 0.686. The second kappa shape index (κ2) is 7.04. The van der Waals surface area contributed by atoms with Crippen LogP contribution in [0.15, 0.2) is 31.9 Å². The SMILES string of the molecule is CC(C)Cn1ncnc1CNc1c(Br)cc(Br)cc1Br. The monoisotopic (exact) mass is 464 g/mol. The molecule has 0 fully saturated rings. The first-order valence-electron chi connectivity index (χ1n) is 6.22. The second-order valence-electron chi connectivity index (χ2n) is 4.85. The summed E-state index contributed by atoms with van der Waals surface area (Å²) < 4.78 is 4.95. The Morgan fingerprint density at radius 1 is 1.20 bits per heavy atom. The smallest absolute Gasteiger partial charge is 0.146 e. The minimum absolute atomic E-state index is 0.543. The Balaban J connectivity index is 2.12. The largest absolute Gasteiger partial charge is 0.376 e. The number of halogens is 3. The molecule has 2 rings (SSSR count). The van der Waals surface area contributed by atoms with Crippen molar-refractivity contribution in [3.05, 3.63) is 37.7 Å². The van der Waals surface area contributed by atoms with E-state index in [1.807, 2.05) is 16.8 Å². The maximum absolute atomic E-state index is 4.31. The highest BCUT2D eigenvalue weighted by molar-refractivity contribution is 9.11. The van der Waals surface area contributed by atoms with E-state index >= 15 is 0 Å². The van der Waals surface area contributed by atoms with Crippen LogP contribution in [0.25, 0.3) is 0 Å². The van der Waals surface area contributed by atoms with Crippen molar-refractivity contribution in [2.24, 2.45) is 5.92 Å². The van der Waals surface area contributed by atoms with E-state index in [0.717, 1.165) is 31.5 Å². The molecule has 1 heterocycles. The number of nitrogens with one attached hydrogen (secondary N) is 1. The molecule has 1 N–H and O–H groups in total. The molecular formula is C13H15Br3N4.